The van der Waals surface area contributed by atoms with Gasteiger partial charge in [0.05, 0.1) is 4.90 Å². The quantitative estimate of drug-likeness (QED) is 0.617. The number of ether oxygens (including phenoxy) is 1. The van der Waals surface area contributed by atoms with Crippen LogP contribution in [0.1, 0.15) is 11.1 Å². The molecule has 0 saturated heterocycles. The zero-order valence-corrected chi connectivity index (χ0v) is 16.7. The Hall–Kier alpha value is -3.46. The smallest absolute Gasteiger partial charge is 0.264 e. The van der Waals surface area contributed by atoms with Crippen molar-refractivity contribution in [1.29, 1.82) is 0 Å². The van der Waals surface area contributed by atoms with E-state index in [0.717, 1.165) is 11.1 Å². The lowest BCUT2D eigenvalue weighted by Gasteiger charge is -2.10. The van der Waals surface area contributed by atoms with Crippen LogP contribution in [0.2, 0.25) is 0 Å². The van der Waals surface area contributed by atoms with Crippen molar-refractivity contribution in [2.75, 3.05) is 16.6 Å². The molecule has 2 N–H and O–H groups in total. The minimum Gasteiger partial charge on any atom is -0.484 e. The molecule has 0 fully saturated rings. The van der Waals surface area contributed by atoms with Crippen LogP contribution < -0.4 is 14.8 Å². The Labute approximate surface area is 169 Å². The topological polar surface area (TPSA) is 110 Å². The number of benzene rings is 2. The molecule has 0 aliphatic rings. The molecule has 29 heavy (non-hydrogen) atoms. The van der Waals surface area contributed by atoms with Crippen molar-refractivity contribution in [1.82, 2.24) is 9.97 Å². The van der Waals surface area contributed by atoms with Gasteiger partial charge in [-0.3, -0.25) is 4.79 Å². The van der Waals surface area contributed by atoms with Crippen LogP contribution in [0.15, 0.2) is 65.8 Å². The van der Waals surface area contributed by atoms with Gasteiger partial charge in [-0.2, -0.15) is 0 Å². The Morgan fingerprint density at radius 1 is 1.00 bits per heavy atom. The molecule has 1 heterocycles. The number of nitrogens with one attached hydrogen (secondary N) is 2. The second-order valence-corrected chi connectivity index (χ2v) is 7.97. The fraction of sp³-hybridized carbons (Fsp3) is 0.150. The van der Waals surface area contributed by atoms with Crippen molar-refractivity contribution >= 4 is 27.6 Å². The van der Waals surface area contributed by atoms with Gasteiger partial charge in [-0.1, -0.05) is 6.07 Å². The van der Waals surface area contributed by atoms with Crippen LogP contribution in [-0.2, 0) is 14.8 Å². The number of hydrogen-bond donors (Lipinski definition) is 2. The van der Waals surface area contributed by atoms with Gasteiger partial charge in [-0.25, -0.2) is 23.1 Å². The largest absolute Gasteiger partial charge is 0.484 e. The molecule has 0 aliphatic heterocycles. The van der Waals surface area contributed by atoms with E-state index in [9.17, 15) is 13.2 Å². The number of aryl methyl sites for hydroxylation is 2. The van der Waals surface area contributed by atoms with Gasteiger partial charge in [0.15, 0.2) is 6.61 Å². The molecule has 0 unspecified atom stereocenters. The molecule has 0 radical (unpaired) electrons. The van der Waals surface area contributed by atoms with E-state index in [1.807, 2.05) is 26.0 Å². The average Bonchev–Trinajstić information content (AvgIpc) is 2.70. The summed E-state index contributed by atoms with van der Waals surface area (Å²) in [4.78, 5) is 19.8. The first-order valence-electron chi connectivity index (χ1n) is 8.73. The third-order valence-corrected chi connectivity index (χ3v) is 5.43. The molecule has 9 heteroatoms. The highest BCUT2D eigenvalue weighted by Crippen LogP contribution is 2.18. The fourth-order valence-electron chi connectivity index (χ4n) is 2.40. The molecule has 3 rings (SSSR count). The number of hydrogen-bond acceptors (Lipinski definition) is 6. The number of aromatic nitrogens is 2. The standard InChI is InChI=1S/C20H20N4O4S/c1-14-4-7-17(12-15(14)2)28-13-19(25)23-16-5-8-18(9-6-16)29(26,27)24-20-21-10-3-11-22-20/h3-12H,13H2,1-2H3,(H,23,25)(H,21,22,24). The number of amides is 1. The van der Waals surface area contributed by atoms with E-state index in [4.69, 9.17) is 4.74 Å². The van der Waals surface area contributed by atoms with Gasteiger partial charge in [0.2, 0.25) is 5.95 Å². The molecule has 3 aromatic rings. The number of nitrogens with zero attached hydrogens (tertiary/aromatic N) is 2. The summed E-state index contributed by atoms with van der Waals surface area (Å²) in [5.74, 6) is 0.238. The maximum Gasteiger partial charge on any atom is 0.264 e. The van der Waals surface area contributed by atoms with Crippen LogP contribution in [0.4, 0.5) is 11.6 Å². The van der Waals surface area contributed by atoms with Gasteiger partial charge in [-0.05, 0) is 67.4 Å². The monoisotopic (exact) mass is 412 g/mol. The number of anilines is 2. The third-order valence-electron chi connectivity index (χ3n) is 4.09. The Morgan fingerprint density at radius 3 is 2.34 bits per heavy atom. The van der Waals surface area contributed by atoms with Crippen molar-refractivity contribution in [3.63, 3.8) is 0 Å². The minimum atomic E-state index is -3.82. The van der Waals surface area contributed by atoms with Gasteiger partial charge in [0.25, 0.3) is 15.9 Å². The highest BCUT2D eigenvalue weighted by Gasteiger charge is 2.15. The van der Waals surface area contributed by atoms with Crippen molar-refractivity contribution in [2.24, 2.45) is 0 Å². The predicted octanol–water partition coefficient (Wildman–Crippen LogP) is 2.91. The van der Waals surface area contributed by atoms with Crippen LogP contribution in [-0.4, -0.2) is 30.9 Å². The van der Waals surface area contributed by atoms with Crippen molar-refractivity contribution in [2.45, 2.75) is 18.7 Å². The second-order valence-electron chi connectivity index (χ2n) is 6.29. The summed E-state index contributed by atoms with van der Waals surface area (Å²) in [5, 5.41) is 2.66. The normalized spacial score (nSPS) is 11.0. The van der Waals surface area contributed by atoms with E-state index in [1.165, 1.54) is 36.7 Å². The molecule has 150 valence electrons. The number of sulfonamides is 1. The first-order chi connectivity index (χ1) is 13.8. The second kappa shape index (κ2) is 8.70. The van der Waals surface area contributed by atoms with E-state index < -0.39 is 10.0 Å². The maximum atomic E-state index is 12.3. The molecule has 0 spiro atoms. The number of rotatable bonds is 7. The first-order valence-corrected chi connectivity index (χ1v) is 10.2. The van der Waals surface area contributed by atoms with E-state index in [1.54, 1.807) is 12.1 Å². The highest BCUT2D eigenvalue weighted by atomic mass is 32.2. The molecule has 0 atom stereocenters. The Kier molecular flexibility index (Phi) is 6.08. The molecule has 1 aromatic heterocycles. The van der Waals surface area contributed by atoms with Gasteiger partial charge in [-0.15, -0.1) is 0 Å². The Balaban J connectivity index is 1.58. The zero-order chi connectivity index (χ0) is 20.9. The first kappa shape index (κ1) is 20.3. The van der Waals surface area contributed by atoms with Gasteiger partial charge < -0.3 is 10.1 Å². The molecule has 0 aliphatic carbocycles. The van der Waals surface area contributed by atoms with Gasteiger partial charge >= 0.3 is 0 Å². The van der Waals surface area contributed by atoms with Crippen LogP contribution in [0.5, 0.6) is 5.75 Å². The number of carbonyl (C=O) groups is 1. The van der Waals surface area contributed by atoms with E-state index >= 15 is 0 Å². The van der Waals surface area contributed by atoms with Crippen molar-refractivity contribution < 1.29 is 17.9 Å². The Bertz CT molecular complexity index is 1100. The van der Waals surface area contributed by atoms with Crippen LogP contribution in [0.25, 0.3) is 0 Å². The van der Waals surface area contributed by atoms with Crippen LogP contribution in [0.3, 0.4) is 0 Å². The summed E-state index contributed by atoms with van der Waals surface area (Å²) in [5.41, 5.74) is 2.67. The SMILES string of the molecule is Cc1ccc(OCC(=O)Nc2ccc(S(=O)(=O)Nc3ncccn3)cc2)cc1C. The van der Waals surface area contributed by atoms with Gasteiger partial charge in [0, 0.05) is 18.1 Å². The summed E-state index contributed by atoms with van der Waals surface area (Å²) < 4.78 is 32.5. The lowest BCUT2D eigenvalue weighted by Crippen LogP contribution is -2.20. The maximum absolute atomic E-state index is 12.3. The molecular formula is C20H20N4O4S. The lowest BCUT2D eigenvalue weighted by molar-refractivity contribution is -0.118. The molecule has 0 saturated carbocycles. The molecular weight excluding hydrogens is 392 g/mol. The summed E-state index contributed by atoms with van der Waals surface area (Å²) in [7, 11) is -3.82. The predicted molar refractivity (Wildman–Crippen MR) is 109 cm³/mol. The third kappa shape index (κ3) is 5.52. The van der Waals surface area contributed by atoms with Crippen LogP contribution in [0, 0.1) is 13.8 Å². The summed E-state index contributed by atoms with van der Waals surface area (Å²) in [6, 6.07) is 12.9. The Morgan fingerprint density at radius 2 is 1.69 bits per heavy atom. The highest BCUT2D eigenvalue weighted by molar-refractivity contribution is 7.92. The summed E-state index contributed by atoms with van der Waals surface area (Å²) >= 11 is 0. The molecule has 8 nitrogen and oxygen atoms in total. The van der Waals surface area contributed by atoms with E-state index in [-0.39, 0.29) is 23.4 Å². The summed E-state index contributed by atoms with van der Waals surface area (Å²) in [6.07, 6.45) is 2.87. The fourth-order valence-corrected chi connectivity index (χ4v) is 3.36. The average molecular weight is 412 g/mol. The molecule has 0 bridgehead atoms. The minimum absolute atomic E-state index is 0.0200. The lowest BCUT2D eigenvalue weighted by atomic mass is 10.1. The van der Waals surface area contributed by atoms with Crippen molar-refractivity contribution in [3.05, 3.63) is 72.1 Å². The summed E-state index contributed by atoms with van der Waals surface area (Å²) in [6.45, 7) is 3.81. The van der Waals surface area contributed by atoms with Crippen molar-refractivity contribution in [3.8, 4) is 5.75 Å². The molecule has 2 aromatic carbocycles. The molecule has 1 amide bonds. The number of carbonyl (C=O) groups excluding carboxylic acids is 1. The van der Waals surface area contributed by atoms with E-state index in [0.29, 0.717) is 11.4 Å². The van der Waals surface area contributed by atoms with Gasteiger partial charge in [0.1, 0.15) is 5.75 Å². The van der Waals surface area contributed by atoms with Crippen LogP contribution >= 0.6 is 0 Å². The zero-order valence-electron chi connectivity index (χ0n) is 15.9. The van der Waals surface area contributed by atoms with E-state index in [2.05, 4.69) is 20.0 Å².